The lowest BCUT2D eigenvalue weighted by Crippen LogP contribution is -2.14. The van der Waals surface area contributed by atoms with Gasteiger partial charge in [0.1, 0.15) is 0 Å². The standard InChI is InChI=1S/C10H15NOS/c1-7-5-8(9(11)6-12)3-4-10(7)13-2/h3-5,9,12H,6,11H2,1-2H3. The summed E-state index contributed by atoms with van der Waals surface area (Å²) in [7, 11) is 0. The average molecular weight is 197 g/mol. The fourth-order valence-corrected chi connectivity index (χ4v) is 1.82. The average Bonchev–Trinajstić information content (AvgIpc) is 2.16. The van der Waals surface area contributed by atoms with Crippen LogP contribution in [0.4, 0.5) is 0 Å². The minimum absolute atomic E-state index is 0.00193. The van der Waals surface area contributed by atoms with Crippen LogP contribution < -0.4 is 5.73 Å². The molecule has 0 aliphatic rings. The third-order valence-corrected chi connectivity index (χ3v) is 2.94. The van der Waals surface area contributed by atoms with Gasteiger partial charge in [-0.15, -0.1) is 11.8 Å². The zero-order chi connectivity index (χ0) is 9.84. The first kappa shape index (κ1) is 10.6. The number of rotatable bonds is 3. The van der Waals surface area contributed by atoms with Crippen LogP contribution in [-0.2, 0) is 0 Å². The lowest BCUT2D eigenvalue weighted by Gasteiger charge is -2.10. The number of hydrogen-bond donors (Lipinski definition) is 2. The minimum atomic E-state index is -0.255. The summed E-state index contributed by atoms with van der Waals surface area (Å²) < 4.78 is 0. The van der Waals surface area contributed by atoms with Gasteiger partial charge in [0.15, 0.2) is 0 Å². The van der Waals surface area contributed by atoms with Crippen LogP contribution in [0, 0.1) is 6.92 Å². The molecule has 1 aromatic carbocycles. The number of nitrogens with two attached hydrogens (primary N) is 1. The summed E-state index contributed by atoms with van der Waals surface area (Å²) in [5.74, 6) is 0. The molecule has 0 saturated heterocycles. The van der Waals surface area contributed by atoms with Gasteiger partial charge in [-0.2, -0.15) is 0 Å². The van der Waals surface area contributed by atoms with E-state index in [4.69, 9.17) is 10.8 Å². The summed E-state index contributed by atoms with van der Waals surface area (Å²) in [6.07, 6.45) is 2.05. The van der Waals surface area contributed by atoms with Crippen molar-refractivity contribution in [3.05, 3.63) is 29.3 Å². The van der Waals surface area contributed by atoms with E-state index in [0.29, 0.717) is 0 Å². The number of thioether (sulfide) groups is 1. The monoisotopic (exact) mass is 197 g/mol. The van der Waals surface area contributed by atoms with E-state index in [0.717, 1.165) is 5.56 Å². The van der Waals surface area contributed by atoms with Gasteiger partial charge in [-0.1, -0.05) is 12.1 Å². The summed E-state index contributed by atoms with van der Waals surface area (Å²) in [6.45, 7) is 2.05. The van der Waals surface area contributed by atoms with E-state index in [1.807, 2.05) is 24.5 Å². The van der Waals surface area contributed by atoms with Crippen LogP contribution in [0.15, 0.2) is 23.1 Å². The molecule has 13 heavy (non-hydrogen) atoms. The van der Waals surface area contributed by atoms with Gasteiger partial charge in [0.05, 0.1) is 12.6 Å². The van der Waals surface area contributed by atoms with Crippen molar-refractivity contribution in [2.75, 3.05) is 12.9 Å². The van der Waals surface area contributed by atoms with Crippen molar-refractivity contribution in [1.29, 1.82) is 0 Å². The van der Waals surface area contributed by atoms with Gasteiger partial charge in [0.2, 0.25) is 0 Å². The fraction of sp³-hybridized carbons (Fsp3) is 0.400. The van der Waals surface area contributed by atoms with Crippen LogP contribution in [0.1, 0.15) is 17.2 Å². The molecule has 1 atom stereocenters. The van der Waals surface area contributed by atoms with Crippen LogP contribution in [-0.4, -0.2) is 18.0 Å². The van der Waals surface area contributed by atoms with Crippen LogP contribution in [0.3, 0.4) is 0 Å². The Morgan fingerprint density at radius 2 is 2.23 bits per heavy atom. The van der Waals surface area contributed by atoms with Crippen molar-refractivity contribution in [2.24, 2.45) is 5.73 Å². The SMILES string of the molecule is CSc1ccc(C(N)CO)cc1C. The molecule has 1 unspecified atom stereocenters. The van der Waals surface area contributed by atoms with Crippen LogP contribution in [0.2, 0.25) is 0 Å². The molecule has 1 aromatic rings. The molecule has 0 aromatic heterocycles. The molecule has 0 saturated carbocycles. The summed E-state index contributed by atoms with van der Waals surface area (Å²) in [4.78, 5) is 1.26. The van der Waals surface area contributed by atoms with Crippen molar-refractivity contribution in [2.45, 2.75) is 17.9 Å². The highest BCUT2D eigenvalue weighted by Gasteiger charge is 2.05. The molecular formula is C10H15NOS. The van der Waals surface area contributed by atoms with Crippen molar-refractivity contribution in [3.8, 4) is 0 Å². The van der Waals surface area contributed by atoms with E-state index in [1.165, 1.54) is 10.5 Å². The molecule has 1 rings (SSSR count). The highest BCUT2D eigenvalue weighted by Crippen LogP contribution is 2.22. The molecule has 0 heterocycles. The van der Waals surface area contributed by atoms with Crippen molar-refractivity contribution < 1.29 is 5.11 Å². The van der Waals surface area contributed by atoms with Gasteiger partial charge in [-0.05, 0) is 30.4 Å². The molecule has 0 fully saturated rings. The number of aryl methyl sites for hydroxylation is 1. The van der Waals surface area contributed by atoms with Gasteiger partial charge in [0, 0.05) is 4.90 Å². The number of hydrogen-bond acceptors (Lipinski definition) is 3. The normalized spacial score (nSPS) is 12.9. The zero-order valence-electron chi connectivity index (χ0n) is 7.95. The summed E-state index contributed by atoms with van der Waals surface area (Å²) in [5.41, 5.74) is 7.91. The second kappa shape index (κ2) is 4.65. The number of benzene rings is 1. The van der Waals surface area contributed by atoms with Crippen molar-refractivity contribution in [3.63, 3.8) is 0 Å². The minimum Gasteiger partial charge on any atom is -0.394 e. The van der Waals surface area contributed by atoms with Gasteiger partial charge in [0.25, 0.3) is 0 Å². The Hall–Kier alpha value is -0.510. The molecule has 0 bridgehead atoms. The lowest BCUT2D eigenvalue weighted by atomic mass is 10.1. The number of aliphatic hydroxyl groups is 1. The first-order chi connectivity index (χ1) is 6.19. The predicted molar refractivity (Wildman–Crippen MR) is 57.0 cm³/mol. The molecule has 2 nitrogen and oxygen atoms in total. The third-order valence-electron chi connectivity index (χ3n) is 2.04. The van der Waals surface area contributed by atoms with E-state index in [2.05, 4.69) is 6.92 Å². The molecule has 0 amide bonds. The molecule has 0 aliphatic heterocycles. The largest absolute Gasteiger partial charge is 0.394 e. The maximum absolute atomic E-state index is 8.88. The fourth-order valence-electron chi connectivity index (χ4n) is 1.24. The maximum atomic E-state index is 8.88. The predicted octanol–water partition coefficient (Wildman–Crippen LogP) is 1.71. The van der Waals surface area contributed by atoms with Gasteiger partial charge >= 0.3 is 0 Å². The molecule has 3 heteroatoms. The quantitative estimate of drug-likeness (QED) is 0.725. The molecule has 0 spiro atoms. The molecular weight excluding hydrogens is 182 g/mol. The Bertz CT molecular complexity index is 288. The van der Waals surface area contributed by atoms with Crippen molar-refractivity contribution in [1.82, 2.24) is 0 Å². The Labute approximate surface area is 83.1 Å². The Morgan fingerprint density at radius 1 is 1.54 bits per heavy atom. The van der Waals surface area contributed by atoms with Gasteiger partial charge < -0.3 is 10.8 Å². The Morgan fingerprint density at radius 3 is 2.69 bits per heavy atom. The van der Waals surface area contributed by atoms with Crippen LogP contribution in [0.25, 0.3) is 0 Å². The highest BCUT2D eigenvalue weighted by atomic mass is 32.2. The molecule has 0 aliphatic carbocycles. The van der Waals surface area contributed by atoms with E-state index >= 15 is 0 Å². The molecule has 3 N–H and O–H groups in total. The van der Waals surface area contributed by atoms with E-state index in [-0.39, 0.29) is 12.6 Å². The van der Waals surface area contributed by atoms with E-state index in [1.54, 1.807) is 11.8 Å². The topological polar surface area (TPSA) is 46.2 Å². The molecule has 72 valence electrons. The van der Waals surface area contributed by atoms with E-state index < -0.39 is 0 Å². The van der Waals surface area contributed by atoms with Crippen molar-refractivity contribution >= 4 is 11.8 Å². The highest BCUT2D eigenvalue weighted by molar-refractivity contribution is 7.98. The third kappa shape index (κ3) is 2.46. The second-order valence-electron chi connectivity index (χ2n) is 3.02. The second-order valence-corrected chi connectivity index (χ2v) is 3.87. The maximum Gasteiger partial charge on any atom is 0.0624 e. The first-order valence-corrected chi connectivity index (χ1v) is 5.42. The van der Waals surface area contributed by atoms with Gasteiger partial charge in [-0.25, -0.2) is 0 Å². The van der Waals surface area contributed by atoms with E-state index in [9.17, 15) is 0 Å². The van der Waals surface area contributed by atoms with Crippen LogP contribution >= 0.6 is 11.8 Å². The lowest BCUT2D eigenvalue weighted by molar-refractivity contribution is 0.268. The van der Waals surface area contributed by atoms with Gasteiger partial charge in [-0.3, -0.25) is 0 Å². The molecule has 0 radical (unpaired) electrons. The summed E-state index contributed by atoms with van der Waals surface area (Å²) >= 11 is 1.72. The Kier molecular flexibility index (Phi) is 3.78. The first-order valence-electron chi connectivity index (χ1n) is 4.20. The van der Waals surface area contributed by atoms with Crippen LogP contribution in [0.5, 0.6) is 0 Å². The zero-order valence-corrected chi connectivity index (χ0v) is 8.77. The number of aliphatic hydroxyl groups excluding tert-OH is 1. The Balaban J connectivity index is 2.95. The smallest absolute Gasteiger partial charge is 0.0624 e. The summed E-state index contributed by atoms with van der Waals surface area (Å²) in [5, 5.41) is 8.88. The summed E-state index contributed by atoms with van der Waals surface area (Å²) in [6, 6.07) is 5.80.